The third-order valence-electron chi connectivity index (χ3n) is 4.40. The highest BCUT2D eigenvalue weighted by molar-refractivity contribution is 14.0. The van der Waals surface area contributed by atoms with Gasteiger partial charge in [-0.25, -0.2) is 0 Å². The normalized spacial score (nSPS) is 16.5. The molecule has 26 heavy (non-hydrogen) atoms. The van der Waals surface area contributed by atoms with Gasteiger partial charge < -0.3 is 20.2 Å². The van der Waals surface area contributed by atoms with E-state index in [1.165, 1.54) is 0 Å². The number of aliphatic imine (C=N–C) groups is 1. The van der Waals surface area contributed by atoms with Crippen molar-refractivity contribution in [3.63, 3.8) is 0 Å². The SMILES string of the molecule is I.NC(=NCCc1cc2ccccc2o1)NC1CCOc2ccccc21. The van der Waals surface area contributed by atoms with Crippen molar-refractivity contribution in [2.45, 2.75) is 18.9 Å². The maximum Gasteiger partial charge on any atom is 0.189 e. The van der Waals surface area contributed by atoms with Gasteiger partial charge in [-0.15, -0.1) is 24.0 Å². The second-order valence-electron chi connectivity index (χ2n) is 6.14. The van der Waals surface area contributed by atoms with Crippen molar-refractivity contribution in [3.8, 4) is 5.75 Å². The van der Waals surface area contributed by atoms with Crippen molar-refractivity contribution in [1.29, 1.82) is 0 Å². The molecule has 2 heterocycles. The lowest BCUT2D eigenvalue weighted by Gasteiger charge is -2.26. The minimum atomic E-state index is 0. The van der Waals surface area contributed by atoms with Gasteiger partial charge in [-0.1, -0.05) is 36.4 Å². The fourth-order valence-electron chi connectivity index (χ4n) is 3.16. The van der Waals surface area contributed by atoms with Gasteiger partial charge in [-0.05, 0) is 18.2 Å². The van der Waals surface area contributed by atoms with Crippen LogP contribution in [0.2, 0.25) is 0 Å². The van der Waals surface area contributed by atoms with Crippen LogP contribution >= 0.6 is 24.0 Å². The first-order valence-electron chi connectivity index (χ1n) is 8.55. The zero-order valence-electron chi connectivity index (χ0n) is 14.4. The quantitative estimate of drug-likeness (QED) is 0.348. The van der Waals surface area contributed by atoms with E-state index in [4.69, 9.17) is 14.9 Å². The number of nitrogens with two attached hydrogens (primary N) is 1. The van der Waals surface area contributed by atoms with E-state index in [0.29, 0.717) is 19.1 Å². The molecule has 0 amide bonds. The zero-order chi connectivity index (χ0) is 17.1. The van der Waals surface area contributed by atoms with Crippen molar-refractivity contribution >= 4 is 40.9 Å². The minimum absolute atomic E-state index is 0. The van der Waals surface area contributed by atoms with Gasteiger partial charge in [-0.2, -0.15) is 0 Å². The highest BCUT2D eigenvalue weighted by Crippen LogP contribution is 2.31. The standard InChI is InChI=1S/C20H21N3O2.HI/c21-20(23-17-10-12-24-19-8-4-2-6-16(17)19)22-11-9-15-13-14-5-1-3-7-18(14)25-15;/h1-8,13,17H,9-12H2,(H3,21,22,23);1H. The highest BCUT2D eigenvalue weighted by Gasteiger charge is 2.21. The summed E-state index contributed by atoms with van der Waals surface area (Å²) in [4.78, 5) is 4.44. The number of benzene rings is 2. The summed E-state index contributed by atoms with van der Waals surface area (Å²) in [6.45, 7) is 1.27. The molecule has 4 rings (SSSR count). The van der Waals surface area contributed by atoms with Crippen molar-refractivity contribution in [3.05, 3.63) is 65.9 Å². The second-order valence-corrected chi connectivity index (χ2v) is 6.14. The first-order chi connectivity index (χ1) is 12.3. The Hall–Kier alpha value is -2.22. The predicted molar refractivity (Wildman–Crippen MR) is 114 cm³/mol. The maximum atomic E-state index is 6.07. The molecule has 3 aromatic rings. The van der Waals surface area contributed by atoms with Crippen LogP contribution in [-0.2, 0) is 6.42 Å². The summed E-state index contributed by atoms with van der Waals surface area (Å²) in [6.07, 6.45) is 1.60. The van der Waals surface area contributed by atoms with Crippen LogP contribution in [0.15, 0.2) is 64.0 Å². The Kier molecular flexibility index (Phi) is 6.03. The van der Waals surface area contributed by atoms with E-state index in [-0.39, 0.29) is 30.0 Å². The van der Waals surface area contributed by atoms with Crippen molar-refractivity contribution < 1.29 is 9.15 Å². The fraction of sp³-hybridized carbons (Fsp3) is 0.250. The van der Waals surface area contributed by atoms with E-state index in [2.05, 4.69) is 22.4 Å². The Balaban J connectivity index is 0.00000196. The largest absolute Gasteiger partial charge is 0.493 e. The van der Waals surface area contributed by atoms with Gasteiger partial charge in [0.15, 0.2) is 5.96 Å². The molecule has 0 spiro atoms. The maximum absolute atomic E-state index is 6.07. The van der Waals surface area contributed by atoms with Gasteiger partial charge in [0.25, 0.3) is 0 Å². The molecule has 1 aliphatic rings. The van der Waals surface area contributed by atoms with E-state index >= 15 is 0 Å². The molecule has 0 fully saturated rings. The minimum Gasteiger partial charge on any atom is -0.493 e. The molecule has 3 N–H and O–H groups in total. The van der Waals surface area contributed by atoms with Crippen LogP contribution in [-0.4, -0.2) is 19.1 Å². The molecule has 0 radical (unpaired) electrons. The van der Waals surface area contributed by atoms with E-state index in [1.54, 1.807) is 0 Å². The number of nitrogens with one attached hydrogen (secondary N) is 1. The summed E-state index contributed by atoms with van der Waals surface area (Å²) < 4.78 is 11.5. The van der Waals surface area contributed by atoms with Gasteiger partial charge in [-0.3, -0.25) is 4.99 Å². The van der Waals surface area contributed by atoms with Crippen LogP contribution in [0.3, 0.4) is 0 Å². The van der Waals surface area contributed by atoms with Crippen LogP contribution < -0.4 is 15.8 Å². The molecule has 1 unspecified atom stereocenters. The third kappa shape index (κ3) is 4.12. The Labute approximate surface area is 169 Å². The number of halogens is 1. The second kappa shape index (κ2) is 8.44. The lowest BCUT2D eigenvalue weighted by atomic mass is 10.0. The van der Waals surface area contributed by atoms with E-state index in [9.17, 15) is 0 Å². The molecule has 5 nitrogen and oxygen atoms in total. The topological polar surface area (TPSA) is 72.8 Å². The summed E-state index contributed by atoms with van der Waals surface area (Å²) in [6, 6.07) is 18.2. The Morgan fingerprint density at radius 2 is 1.96 bits per heavy atom. The van der Waals surface area contributed by atoms with Gasteiger partial charge >= 0.3 is 0 Å². The number of nitrogens with zero attached hydrogens (tertiary/aromatic N) is 1. The van der Waals surface area contributed by atoms with Gasteiger partial charge in [0.05, 0.1) is 12.6 Å². The average molecular weight is 463 g/mol. The van der Waals surface area contributed by atoms with E-state index < -0.39 is 0 Å². The summed E-state index contributed by atoms with van der Waals surface area (Å²) >= 11 is 0. The number of ether oxygens (including phenoxy) is 1. The molecule has 0 saturated carbocycles. The van der Waals surface area contributed by atoms with Gasteiger partial charge in [0.2, 0.25) is 0 Å². The first kappa shape index (κ1) is 18.6. The molecule has 6 heteroatoms. The first-order valence-corrected chi connectivity index (χ1v) is 8.55. The van der Waals surface area contributed by atoms with Crippen molar-refractivity contribution in [2.24, 2.45) is 10.7 Å². The number of fused-ring (bicyclic) bond motifs is 2. The van der Waals surface area contributed by atoms with Crippen LogP contribution in [0.25, 0.3) is 11.0 Å². The molecular weight excluding hydrogens is 441 g/mol. The number of para-hydroxylation sites is 2. The number of guanidine groups is 1. The van der Waals surface area contributed by atoms with Crippen LogP contribution in [0.4, 0.5) is 0 Å². The molecule has 0 aliphatic carbocycles. The number of hydrogen-bond acceptors (Lipinski definition) is 3. The monoisotopic (exact) mass is 463 g/mol. The molecular formula is C20H22IN3O2. The molecule has 0 bridgehead atoms. The molecule has 2 aromatic carbocycles. The number of furan rings is 1. The lowest BCUT2D eigenvalue weighted by molar-refractivity contribution is 0.262. The van der Waals surface area contributed by atoms with Crippen LogP contribution in [0.5, 0.6) is 5.75 Å². The van der Waals surface area contributed by atoms with Crippen LogP contribution in [0, 0.1) is 0 Å². The van der Waals surface area contributed by atoms with E-state index in [1.807, 2.05) is 42.5 Å². The van der Waals surface area contributed by atoms with Crippen molar-refractivity contribution in [1.82, 2.24) is 5.32 Å². The lowest BCUT2D eigenvalue weighted by Crippen LogP contribution is -2.37. The van der Waals surface area contributed by atoms with Gasteiger partial charge in [0.1, 0.15) is 17.1 Å². The Bertz CT molecular complexity index is 874. The predicted octanol–water partition coefficient (Wildman–Crippen LogP) is 4.02. The van der Waals surface area contributed by atoms with Gasteiger partial charge in [0, 0.05) is 30.3 Å². The third-order valence-corrected chi connectivity index (χ3v) is 4.40. The fourth-order valence-corrected chi connectivity index (χ4v) is 3.16. The Morgan fingerprint density at radius 3 is 2.85 bits per heavy atom. The van der Waals surface area contributed by atoms with Crippen LogP contribution in [0.1, 0.15) is 23.8 Å². The number of rotatable bonds is 4. The molecule has 1 aromatic heterocycles. The molecule has 136 valence electrons. The zero-order valence-corrected chi connectivity index (χ0v) is 16.7. The van der Waals surface area contributed by atoms with Crippen molar-refractivity contribution in [2.75, 3.05) is 13.2 Å². The summed E-state index contributed by atoms with van der Waals surface area (Å²) in [5, 5.41) is 4.42. The summed E-state index contributed by atoms with van der Waals surface area (Å²) in [5.41, 5.74) is 8.11. The summed E-state index contributed by atoms with van der Waals surface area (Å²) in [5.74, 6) is 2.30. The Morgan fingerprint density at radius 1 is 1.15 bits per heavy atom. The molecule has 0 saturated heterocycles. The smallest absolute Gasteiger partial charge is 0.189 e. The summed E-state index contributed by atoms with van der Waals surface area (Å²) in [7, 11) is 0. The van der Waals surface area contributed by atoms with E-state index in [0.717, 1.165) is 40.9 Å². The number of hydrogen-bond donors (Lipinski definition) is 2. The molecule has 1 atom stereocenters. The molecule has 1 aliphatic heterocycles. The highest BCUT2D eigenvalue weighted by atomic mass is 127. The average Bonchev–Trinajstić information content (AvgIpc) is 3.05.